The quantitative estimate of drug-likeness (QED) is 0.937. The fourth-order valence-corrected chi connectivity index (χ4v) is 2.78. The first-order valence-electron chi connectivity index (χ1n) is 8.24. The van der Waals surface area contributed by atoms with Gasteiger partial charge in [-0.25, -0.2) is 9.78 Å². The van der Waals surface area contributed by atoms with E-state index in [-0.39, 0.29) is 12.1 Å². The molecule has 1 aliphatic rings. The molecule has 1 aliphatic heterocycles. The molecule has 2 aromatic rings. The smallest absolute Gasteiger partial charge is 0.317 e. The molecular formula is C18H22N4O2. The highest BCUT2D eigenvalue weighted by molar-refractivity contribution is 5.74. The van der Waals surface area contributed by atoms with Gasteiger partial charge in [0.15, 0.2) is 0 Å². The summed E-state index contributed by atoms with van der Waals surface area (Å²) in [5, 5.41) is 2.97. The zero-order chi connectivity index (χ0) is 16.8. The Morgan fingerprint density at radius 2 is 2.17 bits per heavy atom. The Labute approximate surface area is 141 Å². The molecule has 6 nitrogen and oxygen atoms in total. The second kappa shape index (κ2) is 7.77. The molecule has 0 aliphatic carbocycles. The zero-order valence-electron chi connectivity index (χ0n) is 13.8. The molecular weight excluding hydrogens is 304 g/mol. The fourth-order valence-electron chi connectivity index (χ4n) is 2.78. The van der Waals surface area contributed by atoms with E-state index in [1.54, 1.807) is 12.3 Å². The van der Waals surface area contributed by atoms with Crippen LogP contribution in [-0.4, -0.2) is 40.1 Å². The summed E-state index contributed by atoms with van der Waals surface area (Å²) in [6.45, 7) is 3.69. The molecule has 126 valence electrons. The van der Waals surface area contributed by atoms with Crippen LogP contribution >= 0.6 is 0 Å². The molecule has 1 N–H and O–H groups in total. The Hall–Kier alpha value is -2.63. The molecule has 0 radical (unpaired) electrons. The van der Waals surface area contributed by atoms with Gasteiger partial charge < -0.3 is 15.0 Å². The number of amides is 2. The third-order valence-electron chi connectivity index (χ3n) is 3.99. The molecule has 0 saturated carbocycles. The lowest BCUT2D eigenvalue weighted by molar-refractivity contribution is 0.0974. The van der Waals surface area contributed by atoms with E-state index in [0.29, 0.717) is 24.8 Å². The van der Waals surface area contributed by atoms with Crippen LogP contribution in [0.2, 0.25) is 0 Å². The summed E-state index contributed by atoms with van der Waals surface area (Å²) in [7, 11) is 0. The van der Waals surface area contributed by atoms with E-state index >= 15 is 0 Å². The maximum absolute atomic E-state index is 12.4. The van der Waals surface area contributed by atoms with Gasteiger partial charge in [-0.15, -0.1) is 0 Å². The summed E-state index contributed by atoms with van der Waals surface area (Å²) in [4.78, 5) is 22.5. The molecule has 0 unspecified atom stereocenters. The third kappa shape index (κ3) is 4.44. The molecule has 1 aromatic carbocycles. The van der Waals surface area contributed by atoms with Crippen LogP contribution in [0, 0.1) is 6.92 Å². The second-order valence-electron chi connectivity index (χ2n) is 5.91. The fraction of sp³-hybridized carbons (Fsp3) is 0.389. The standard InChI is InChI=1S/C18H22N4O2/c1-14-19-10-9-17(21-14)24-16-8-5-11-22(13-16)18(23)20-12-15-6-3-2-4-7-15/h2-4,6-7,9-10,16H,5,8,11-13H2,1H3,(H,20,23)/t16-/m0/s1. The highest BCUT2D eigenvalue weighted by Gasteiger charge is 2.25. The monoisotopic (exact) mass is 326 g/mol. The molecule has 1 atom stereocenters. The van der Waals surface area contributed by atoms with Crippen molar-refractivity contribution < 1.29 is 9.53 Å². The van der Waals surface area contributed by atoms with E-state index in [9.17, 15) is 4.79 Å². The van der Waals surface area contributed by atoms with Crippen LogP contribution in [0.5, 0.6) is 5.88 Å². The number of aromatic nitrogens is 2. The summed E-state index contributed by atoms with van der Waals surface area (Å²) in [5.74, 6) is 1.25. The van der Waals surface area contributed by atoms with Crippen molar-refractivity contribution in [2.45, 2.75) is 32.4 Å². The van der Waals surface area contributed by atoms with Crippen molar-refractivity contribution in [2.75, 3.05) is 13.1 Å². The molecule has 0 bridgehead atoms. The van der Waals surface area contributed by atoms with E-state index < -0.39 is 0 Å². The highest BCUT2D eigenvalue weighted by Crippen LogP contribution is 2.16. The van der Waals surface area contributed by atoms with Crippen LogP contribution in [0.3, 0.4) is 0 Å². The van der Waals surface area contributed by atoms with E-state index in [2.05, 4.69) is 15.3 Å². The summed E-state index contributed by atoms with van der Waals surface area (Å²) < 4.78 is 5.91. The lowest BCUT2D eigenvalue weighted by Crippen LogP contribution is -2.48. The van der Waals surface area contributed by atoms with Gasteiger partial charge in [-0.3, -0.25) is 0 Å². The molecule has 24 heavy (non-hydrogen) atoms. The minimum Gasteiger partial charge on any atom is -0.472 e. The van der Waals surface area contributed by atoms with Gasteiger partial charge >= 0.3 is 6.03 Å². The predicted octanol–water partition coefficient (Wildman–Crippen LogP) is 2.54. The first-order valence-corrected chi connectivity index (χ1v) is 8.24. The minimum absolute atomic E-state index is 0.0319. The Morgan fingerprint density at radius 1 is 1.33 bits per heavy atom. The van der Waals surface area contributed by atoms with Crippen LogP contribution in [0.4, 0.5) is 4.79 Å². The van der Waals surface area contributed by atoms with E-state index in [4.69, 9.17) is 4.74 Å². The number of aryl methyl sites for hydroxylation is 1. The minimum atomic E-state index is -0.0500. The average molecular weight is 326 g/mol. The maximum Gasteiger partial charge on any atom is 0.317 e. The number of nitrogens with zero attached hydrogens (tertiary/aromatic N) is 3. The number of carbonyl (C=O) groups excluding carboxylic acids is 1. The number of nitrogens with one attached hydrogen (secondary N) is 1. The number of hydrogen-bond donors (Lipinski definition) is 1. The van der Waals surface area contributed by atoms with Gasteiger partial charge in [-0.05, 0) is 25.3 Å². The molecule has 2 heterocycles. The van der Waals surface area contributed by atoms with Gasteiger partial charge in [0.25, 0.3) is 0 Å². The summed E-state index contributed by atoms with van der Waals surface area (Å²) in [5.41, 5.74) is 1.09. The van der Waals surface area contributed by atoms with Crippen molar-refractivity contribution in [1.82, 2.24) is 20.2 Å². The second-order valence-corrected chi connectivity index (χ2v) is 5.91. The van der Waals surface area contributed by atoms with Gasteiger partial charge in [0.05, 0.1) is 6.54 Å². The first-order chi connectivity index (χ1) is 11.7. The normalized spacial score (nSPS) is 17.4. The van der Waals surface area contributed by atoms with Crippen molar-refractivity contribution >= 4 is 6.03 Å². The summed E-state index contributed by atoms with van der Waals surface area (Å²) in [6.07, 6.45) is 3.50. The van der Waals surface area contributed by atoms with Gasteiger partial charge in [0.2, 0.25) is 5.88 Å². The lowest BCUT2D eigenvalue weighted by Gasteiger charge is -2.32. The van der Waals surface area contributed by atoms with Gasteiger partial charge in [0, 0.05) is 25.4 Å². The number of piperidine rings is 1. The van der Waals surface area contributed by atoms with Gasteiger partial charge in [-0.2, -0.15) is 4.98 Å². The van der Waals surface area contributed by atoms with E-state index in [1.807, 2.05) is 42.2 Å². The van der Waals surface area contributed by atoms with Crippen LogP contribution < -0.4 is 10.1 Å². The van der Waals surface area contributed by atoms with Crippen LogP contribution in [0.15, 0.2) is 42.6 Å². The Kier molecular flexibility index (Phi) is 5.25. The number of carbonyl (C=O) groups is 1. The van der Waals surface area contributed by atoms with Crippen molar-refractivity contribution in [3.05, 3.63) is 54.0 Å². The summed E-state index contributed by atoms with van der Waals surface area (Å²) in [6, 6.07) is 11.6. The number of hydrogen-bond acceptors (Lipinski definition) is 4. The Bertz CT molecular complexity index is 678. The van der Waals surface area contributed by atoms with Crippen molar-refractivity contribution in [3.8, 4) is 5.88 Å². The molecule has 2 amide bonds. The molecule has 0 spiro atoms. The third-order valence-corrected chi connectivity index (χ3v) is 3.99. The molecule has 6 heteroatoms. The van der Waals surface area contributed by atoms with Gasteiger partial charge in [-0.1, -0.05) is 30.3 Å². The SMILES string of the molecule is Cc1nccc(O[C@H]2CCCN(C(=O)NCc3ccccc3)C2)n1. The van der Waals surface area contributed by atoms with Crippen LogP contribution in [0.25, 0.3) is 0 Å². The topological polar surface area (TPSA) is 67.3 Å². The summed E-state index contributed by atoms with van der Waals surface area (Å²) >= 11 is 0. The number of benzene rings is 1. The van der Waals surface area contributed by atoms with E-state index in [1.165, 1.54) is 0 Å². The Morgan fingerprint density at radius 3 is 2.96 bits per heavy atom. The van der Waals surface area contributed by atoms with Crippen molar-refractivity contribution in [2.24, 2.45) is 0 Å². The molecule has 1 aromatic heterocycles. The molecule has 1 saturated heterocycles. The predicted molar refractivity (Wildman–Crippen MR) is 90.7 cm³/mol. The highest BCUT2D eigenvalue weighted by atomic mass is 16.5. The zero-order valence-corrected chi connectivity index (χ0v) is 13.8. The van der Waals surface area contributed by atoms with Crippen LogP contribution in [-0.2, 0) is 6.54 Å². The first kappa shape index (κ1) is 16.2. The maximum atomic E-state index is 12.4. The number of ether oxygens (including phenoxy) is 1. The number of likely N-dealkylation sites (tertiary alicyclic amines) is 1. The molecule has 1 fully saturated rings. The Balaban J connectivity index is 1.52. The van der Waals surface area contributed by atoms with E-state index in [0.717, 1.165) is 24.9 Å². The lowest BCUT2D eigenvalue weighted by atomic mass is 10.1. The van der Waals surface area contributed by atoms with Crippen molar-refractivity contribution in [3.63, 3.8) is 0 Å². The number of urea groups is 1. The number of rotatable bonds is 4. The van der Waals surface area contributed by atoms with Gasteiger partial charge in [0.1, 0.15) is 11.9 Å². The largest absolute Gasteiger partial charge is 0.472 e. The molecule has 3 rings (SSSR count). The average Bonchev–Trinajstić information content (AvgIpc) is 2.61. The van der Waals surface area contributed by atoms with Crippen molar-refractivity contribution in [1.29, 1.82) is 0 Å². The van der Waals surface area contributed by atoms with Crippen LogP contribution in [0.1, 0.15) is 24.2 Å².